The normalized spacial score (nSPS) is 23.9. The van der Waals surface area contributed by atoms with Gasteiger partial charge in [-0.1, -0.05) is 6.92 Å². The first-order valence-electron chi connectivity index (χ1n) is 5.85. The van der Waals surface area contributed by atoms with Gasteiger partial charge in [0.2, 0.25) is 0 Å². The second kappa shape index (κ2) is 6.43. The lowest BCUT2D eigenvalue weighted by Gasteiger charge is -2.12. The molecule has 1 aliphatic rings. The smallest absolute Gasteiger partial charge is 0.252 e. The topological polar surface area (TPSA) is 29.1 Å². The van der Waals surface area contributed by atoms with Gasteiger partial charge in [-0.25, -0.2) is 0 Å². The van der Waals surface area contributed by atoms with Gasteiger partial charge in [-0.15, -0.1) is 11.3 Å². The number of hydrogen-bond acceptors (Lipinski definition) is 3. The van der Waals surface area contributed by atoms with Gasteiger partial charge in [-0.2, -0.15) is 11.8 Å². The molecule has 1 aliphatic carbocycles. The quantitative estimate of drug-likeness (QED) is 0.805. The van der Waals surface area contributed by atoms with E-state index in [4.69, 9.17) is 0 Å². The fourth-order valence-corrected chi connectivity index (χ4v) is 4.63. The van der Waals surface area contributed by atoms with E-state index in [-0.39, 0.29) is 5.91 Å². The Balaban J connectivity index is 1.84. The molecule has 1 fully saturated rings. The van der Waals surface area contributed by atoms with Crippen LogP contribution in [0.3, 0.4) is 0 Å². The van der Waals surface area contributed by atoms with Crippen LogP contribution in [0, 0.1) is 2.88 Å². The number of hydrogen-bond donors (Lipinski definition) is 1. The zero-order valence-electron chi connectivity index (χ0n) is 9.74. The summed E-state index contributed by atoms with van der Waals surface area (Å²) in [4.78, 5) is 12.0. The van der Waals surface area contributed by atoms with Crippen LogP contribution in [-0.2, 0) is 0 Å². The van der Waals surface area contributed by atoms with Gasteiger partial charge >= 0.3 is 0 Å². The van der Waals surface area contributed by atoms with Crippen LogP contribution in [0.4, 0.5) is 0 Å². The van der Waals surface area contributed by atoms with Crippen molar-refractivity contribution in [2.45, 2.75) is 37.5 Å². The Hall–Kier alpha value is 0.250. The third-order valence-electron chi connectivity index (χ3n) is 2.95. The van der Waals surface area contributed by atoms with E-state index in [1.165, 1.54) is 15.1 Å². The van der Waals surface area contributed by atoms with Gasteiger partial charge in [-0.3, -0.25) is 4.79 Å². The van der Waals surface area contributed by atoms with Crippen LogP contribution in [0.1, 0.15) is 36.5 Å². The number of thioether (sulfide) groups is 1. The fourth-order valence-electron chi connectivity index (χ4n) is 2.16. The van der Waals surface area contributed by atoms with Gasteiger partial charge in [0, 0.05) is 16.7 Å². The summed E-state index contributed by atoms with van der Waals surface area (Å²) in [6, 6.07) is 2.33. The van der Waals surface area contributed by atoms with Crippen molar-refractivity contribution in [1.82, 2.24) is 5.32 Å². The molecule has 17 heavy (non-hydrogen) atoms. The third kappa shape index (κ3) is 3.86. The van der Waals surface area contributed by atoms with Crippen molar-refractivity contribution in [1.29, 1.82) is 0 Å². The summed E-state index contributed by atoms with van der Waals surface area (Å²) in [6.07, 6.45) is 3.50. The van der Waals surface area contributed by atoms with Crippen molar-refractivity contribution in [3.05, 3.63) is 19.9 Å². The molecule has 2 nitrogen and oxygen atoms in total. The van der Waals surface area contributed by atoms with E-state index in [0.29, 0.717) is 6.04 Å². The van der Waals surface area contributed by atoms with E-state index in [1.54, 1.807) is 11.3 Å². The monoisotopic (exact) mass is 381 g/mol. The molecule has 0 spiro atoms. The standard InChI is InChI=1S/C12H16INOS2/c1-2-16-10-4-3-9(6-10)14-12(15)8-5-11(13)17-7-8/h5,7,9-10H,2-4,6H2,1H3,(H,14,15). The average Bonchev–Trinajstić information content (AvgIpc) is 2.88. The summed E-state index contributed by atoms with van der Waals surface area (Å²) < 4.78 is 1.17. The van der Waals surface area contributed by atoms with E-state index in [0.717, 1.165) is 23.7 Å². The molecule has 94 valence electrons. The highest BCUT2D eigenvalue weighted by Crippen LogP contribution is 2.30. The molecular weight excluding hydrogens is 365 g/mol. The van der Waals surface area contributed by atoms with Crippen LogP contribution in [0.25, 0.3) is 0 Å². The molecule has 1 saturated carbocycles. The fraction of sp³-hybridized carbons (Fsp3) is 0.583. The van der Waals surface area contributed by atoms with Crippen molar-refractivity contribution < 1.29 is 4.79 Å². The van der Waals surface area contributed by atoms with E-state index in [2.05, 4.69) is 34.8 Å². The van der Waals surface area contributed by atoms with Gasteiger partial charge in [0.25, 0.3) is 5.91 Å². The minimum absolute atomic E-state index is 0.0938. The van der Waals surface area contributed by atoms with E-state index in [9.17, 15) is 4.79 Å². The molecule has 0 radical (unpaired) electrons. The Morgan fingerprint density at radius 1 is 1.65 bits per heavy atom. The number of halogens is 1. The van der Waals surface area contributed by atoms with Crippen LogP contribution < -0.4 is 5.32 Å². The lowest BCUT2D eigenvalue weighted by molar-refractivity contribution is 0.0938. The molecule has 2 rings (SSSR count). The Bertz CT molecular complexity index is 394. The largest absolute Gasteiger partial charge is 0.349 e. The molecule has 0 aromatic carbocycles. The lowest BCUT2D eigenvalue weighted by atomic mass is 10.2. The summed E-state index contributed by atoms with van der Waals surface area (Å²) in [7, 11) is 0. The molecule has 5 heteroatoms. The molecule has 1 heterocycles. The van der Waals surface area contributed by atoms with Gasteiger partial charge < -0.3 is 5.32 Å². The number of carbonyl (C=O) groups excluding carboxylic acids is 1. The molecule has 1 aromatic rings. The third-order valence-corrected chi connectivity index (χ3v) is 5.97. The second-order valence-corrected chi connectivity index (χ2v) is 8.58. The number of carbonyl (C=O) groups is 1. The SMILES string of the molecule is CCSC1CCC(NC(=O)c2csc(I)c2)C1. The molecular formula is C12H16INOS2. The summed E-state index contributed by atoms with van der Waals surface area (Å²) in [5.41, 5.74) is 0.811. The van der Waals surface area contributed by atoms with Gasteiger partial charge in [0.1, 0.15) is 0 Å². The van der Waals surface area contributed by atoms with E-state index >= 15 is 0 Å². The van der Waals surface area contributed by atoms with Gasteiger partial charge in [-0.05, 0) is 53.7 Å². The summed E-state index contributed by atoms with van der Waals surface area (Å²) in [5.74, 6) is 1.27. The van der Waals surface area contributed by atoms with Crippen molar-refractivity contribution in [3.8, 4) is 0 Å². The minimum atomic E-state index is 0.0938. The molecule has 1 amide bonds. The zero-order valence-corrected chi connectivity index (χ0v) is 13.5. The Morgan fingerprint density at radius 3 is 3.12 bits per heavy atom. The molecule has 0 aliphatic heterocycles. The first kappa shape index (κ1) is 13.7. The predicted molar refractivity (Wildman–Crippen MR) is 84.1 cm³/mol. The van der Waals surface area contributed by atoms with Crippen molar-refractivity contribution in [2.75, 3.05) is 5.75 Å². The number of rotatable bonds is 4. The van der Waals surface area contributed by atoms with E-state index in [1.807, 2.05) is 23.2 Å². The number of nitrogens with one attached hydrogen (secondary N) is 1. The van der Waals surface area contributed by atoms with Crippen LogP contribution in [0.5, 0.6) is 0 Å². The predicted octanol–water partition coefficient (Wildman–Crippen LogP) is 3.76. The van der Waals surface area contributed by atoms with Crippen molar-refractivity contribution in [3.63, 3.8) is 0 Å². The minimum Gasteiger partial charge on any atom is -0.349 e. The maximum absolute atomic E-state index is 12.0. The highest BCUT2D eigenvalue weighted by atomic mass is 127. The van der Waals surface area contributed by atoms with Gasteiger partial charge in [0.05, 0.1) is 8.45 Å². The summed E-state index contributed by atoms with van der Waals surface area (Å²) in [6.45, 7) is 2.20. The van der Waals surface area contributed by atoms with Crippen molar-refractivity contribution in [2.24, 2.45) is 0 Å². The Labute approximate surface area is 124 Å². The highest BCUT2D eigenvalue weighted by Gasteiger charge is 2.26. The van der Waals surface area contributed by atoms with Crippen LogP contribution in [0.2, 0.25) is 0 Å². The maximum Gasteiger partial charge on any atom is 0.252 e. The summed E-state index contributed by atoms with van der Waals surface area (Å²) >= 11 is 5.89. The zero-order chi connectivity index (χ0) is 12.3. The highest BCUT2D eigenvalue weighted by molar-refractivity contribution is 14.1. The molecule has 2 atom stereocenters. The lowest BCUT2D eigenvalue weighted by Crippen LogP contribution is -2.32. The summed E-state index contributed by atoms with van der Waals surface area (Å²) in [5, 5.41) is 5.83. The first-order valence-corrected chi connectivity index (χ1v) is 8.86. The van der Waals surface area contributed by atoms with Crippen LogP contribution in [0.15, 0.2) is 11.4 Å². The molecule has 0 saturated heterocycles. The number of amides is 1. The molecule has 2 unspecified atom stereocenters. The maximum atomic E-state index is 12.0. The second-order valence-electron chi connectivity index (χ2n) is 4.20. The Kier molecular flexibility index (Phi) is 5.17. The Morgan fingerprint density at radius 2 is 2.47 bits per heavy atom. The number of thiophene rings is 1. The van der Waals surface area contributed by atoms with Gasteiger partial charge in [0.15, 0.2) is 0 Å². The van der Waals surface area contributed by atoms with Crippen LogP contribution >= 0.6 is 45.7 Å². The molecule has 1 aromatic heterocycles. The van der Waals surface area contributed by atoms with Crippen molar-refractivity contribution >= 4 is 51.6 Å². The van der Waals surface area contributed by atoms with Crippen LogP contribution in [-0.4, -0.2) is 23.0 Å². The van der Waals surface area contributed by atoms with E-state index < -0.39 is 0 Å². The molecule has 1 N–H and O–H groups in total. The first-order chi connectivity index (χ1) is 8.19. The average molecular weight is 381 g/mol. The molecule has 0 bridgehead atoms.